The van der Waals surface area contributed by atoms with Gasteiger partial charge in [-0.05, 0) is 13.0 Å². The van der Waals surface area contributed by atoms with Crippen molar-refractivity contribution in [2.75, 3.05) is 18.8 Å². The Bertz CT molecular complexity index is 484. The summed E-state index contributed by atoms with van der Waals surface area (Å²) in [5, 5.41) is 7.82. The topological polar surface area (TPSA) is 68.2 Å². The van der Waals surface area contributed by atoms with Crippen molar-refractivity contribution in [3.63, 3.8) is 0 Å². The van der Waals surface area contributed by atoms with Crippen molar-refractivity contribution >= 4 is 11.3 Å². The zero-order valence-corrected chi connectivity index (χ0v) is 8.35. The zero-order valence-electron chi connectivity index (χ0n) is 8.35. The highest BCUT2D eigenvalue weighted by molar-refractivity contribution is 5.45. The average Bonchev–Trinajstić information content (AvgIpc) is 2.84. The number of fused-ring (bicyclic) bond motifs is 1. The summed E-state index contributed by atoms with van der Waals surface area (Å²) in [4.78, 5) is 4.23. The first-order valence-electron chi connectivity index (χ1n) is 5.14. The lowest BCUT2D eigenvalue weighted by molar-refractivity contribution is 0.718. The van der Waals surface area contributed by atoms with E-state index in [-0.39, 0.29) is 0 Å². The number of anilines is 1. The number of aromatic nitrogens is 3. The molecule has 1 saturated heterocycles. The van der Waals surface area contributed by atoms with Crippen LogP contribution in [-0.4, -0.2) is 27.7 Å². The number of nitrogens with one attached hydrogen (secondary N) is 1. The van der Waals surface area contributed by atoms with Crippen LogP contribution < -0.4 is 11.1 Å². The lowest BCUT2D eigenvalue weighted by Gasteiger charge is -2.01. The van der Waals surface area contributed by atoms with E-state index in [1.165, 1.54) is 0 Å². The van der Waals surface area contributed by atoms with Crippen molar-refractivity contribution in [2.24, 2.45) is 0 Å². The molecule has 0 saturated carbocycles. The molecule has 1 atom stereocenters. The maximum atomic E-state index is 5.65. The lowest BCUT2D eigenvalue weighted by atomic mass is 10.1. The number of hydrogen-bond donors (Lipinski definition) is 2. The summed E-state index contributed by atoms with van der Waals surface area (Å²) >= 11 is 0. The number of hydrogen-bond acceptors (Lipinski definition) is 4. The Balaban J connectivity index is 2.05. The smallest absolute Gasteiger partial charge is 0.155 e. The molecule has 1 fully saturated rings. The molecule has 2 aromatic rings. The van der Waals surface area contributed by atoms with Crippen LogP contribution in [0.4, 0.5) is 5.69 Å². The quantitative estimate of drug-likeness (QED) is 0.703. The summed E-state index contributed by atoms with van der Waals surface area (Å²) < 4.78 is 1.75. The number of nitrogen functional groups attached to an aromatic ring is 1. The van der Waals surface area contributed by atoms with Crippen molar-refractivity contribution in [2.45, 2.75) is 12.3 Å². The number of nitrogens with zero attached hydrogens (tertiary/aromatic N) is 3. The molecule has 0 aliphatic carbocycles. The molecule has 3 rings (SSSR count). The normalized spacial score (nSPS) is 21.2. The molecule has 0 aromatic carbocycles. The van der Waals surface area contributed by atoms with Gasteiger partial charge in [0.2, 0.25) is 0 Å². The summed E-state index contributed by atoms with van der Waals surface area (Å²) in [6.07, 6.45) is 4.61. The molecule has 0 radical (unpaired) electrons. The third-order valence-corrected chi connectivity index (χ3v) is 2.83. The summed E-state index contributed by atoms with van der Waals surface area (Å²) in [7, 11) is 0. The van der Waals surface area contributed by atoms with Crippen LogP contribution in [-0.2, 0) is 0 Å². The van der Waals surface area contributed by atoms with Crippen LogP contribution in [0.15, 0.2) is 18.5 Å². The van der Waals surface area contributed by atoms with E-state index < -0.39 is 0 Å². The molecule has 1 aliphatic rings. The minimum atomic E-state index is 0.521. The van der Waals surface area contributed by atoms with Crippen LogP contribution in [0.2, 0.25) is 0 Å². The van der Waals surface area contributed by atoms with Gasteiger partial charge in [-0.1, -0.05) is 0 Å². The first-order valence-corrected chi connectivity index (χ1v) is 5.14. The van der Waals surface area contributed by atoms with Crippen molar-refractivity contribution in [3.8, 4) is 0 Å². The van der Waals surface area contributed by atoms with E-state index in [9.17, 15) is 0 Å². The van der Waals surface area contributed by atoms with Crippen LogP contribution in [0, 0.1) is 0 Å². The van der Waals surface area contributed by atoms with Gasteiger partial charge in [0, 0.05) is 18.5 Å². The molecule has 0 bridgehead atoms. The molecule has 2 aromatic heterocycles. The zero-order chi connectivity index (χ0) is 10.3. The molecule has 3 N–H and O–H groups in total. The summed E-state index contributed by atoms with van der Waals surface area (Å²) in [6, 6.07) is 2.04. The molecular formula is C10H13N5. The third-order valence-electron chi connectivity index (χ3n) is 2.83. The molecular weight excluding hydrogens is 190 g/mol. The molecule has 5 heteroatoms. The molecule has 0 amide bonds. The predicted molar refractivity (Wildman–Crippen MR) is 57.6 cm³/mol. The van der Waals surface area contributed by atoms with Crippen molar-refractivity contribution < 1.29 is 0 Å². The minimum Gasteiger partial charge on any atom is -0.396 e. The second-order valence-corrected chi connectivity index (χ2v) is 3.95. The third kappa shape index (κ3) is 1.45. The fourth-order valence-electron chi connectivity index (χ4n) is 2.02. The van der Waals surface area contributed by atoms with Crippen LogP contribution in [0.3, 0.4) is 0 Å². The lowest BCUT2D eigenvalue weighted by Crippen LogP contribution is -2.08. The van der Waals surface area contributed by atoms with Crippen LogP contribution in [0.25, 0.3) is 5.65 Å². The van der Waals surface area contributed by atoms with Gasteiger partial charge in [0.05, 0.1) is 23.8 Å². The van der Waals surface area contributed by atoms with Gasteiger partial charge >= 0.3 is 0 Å². The summed E-state index contributed by atoms with van der Waals surface area (Å²) in [5.74, 6) is 0.521. The van der Waals surface area contributed by atoms with Gasteiger partial charge in [-0.3, -0.25) is 0 Å². The summed E-state index contributed by atoms with van der Waals surface area (Å²) in [6.45, 7) is 2.09. The molecule has 1 unspecified atom stereocenters. The molecule has 78 valence electrons. The molecule has 15 heavy (non-hydrogen) atoms. The van der Waals surface area contributed by atoms with Gasteiger partial charge in [0.15, 0.2) is 5.65 Å². The van der Waals surface area contributed by atoms with E-state index in [1.807, 2.05) is 6.07 Å². The monoisotopic (exact) mass is 203 g/mol. The Hall–Kier alpha value is -1.62. The highest BCUT2D eigenvalue weighted by Crippen LogP contribution is 2.21. The molecule has 0 spiro atoms. The standard InChI is InChI=1S/C10H13N5/c11-8-5-13-10-3-9(14-15(10)6-8)7-1-2-12-4-7/h3,5-7,12H,1-2,4,11H2. The van der Waals surface area contributed by atoms with Gasteiger partial charge in [0.25, 0.3) is 0 Å². The van der Waals surface area contributed by atoms with Gasteiger partial charge < -0.3 is 11.1 Å². The molecule has 5 nitrogen and oxygen atoms in total. The Kier molecular flexibility index (Phi) is 1.85. The van der Waals surface area contributed by atoms with Gasteiger partial charge in [-0.2, -0.15) is 5.10 Å². The second-order valence-electron chi connectivity index (χ2n) is 3.95. The van der Waals surface area contributed by atoms with Crippen LogP contribution in [0.5, 0.6) is 0 Å². The Labute approximate surface area is 87.3 Å². The predicted octanol–water partition coefficient (Wildman–Crippen LogP) is 0.388. The first kappa shape index (κ1) is 8.67. The molecule has 1 aliphatic heterocycles. The Morgan fingerprint density at radius 2 is 2.47 bits per heavy atom. The highest BCUT2D eigenvalue weighted by Gasteiger charge is 2.19. The minimum absolute atomic E-state index is 0.521. The SMILES string of the molecule is Nc1cnc2cc(C3CCNC3)nn2c1. The Morgan fingerprint density at radius 3 is 3.27 bits per heavy atom. The average molecular weight is 203 g/mol. The summed E-state index contributed by atoms with van der Waals surface area (Å²) in [5.41, 5.74) is 8.27. The van der Waals surface area contributed by atoms with Crippen molar-refractivity contribution in [3.05, 3.63) is 24.2 Å². The number of nitrogens with two attached hydrogens (primary N) is 1. The van der Waals surface area contributed by atoms with E-state index in [0.29, 0.717) is 11.6 Å². The fourth-order valence-corrected chi connectivity index (χ4v) is 2.02. The van der Waals surface area contributed by atoms with Crippen molar-refractivity contribution in [1.82, 2.24) is 19.9 Å². The van der Waals surface area contributed by atoms with Gasteiger partial charge in [0.1, 0.15) is 0 Å². The van der Waals surface area contributed by atoms with E-state index in [4.69, 9.17) is 5.73 Å². The molecule has 3 heterocycles. The largest absolute Gasteiger partial charge is 0.396 e. The van der Waals surface area contributed by atoms with Crippen LogP contribution in [0.1, 0.15) is 18.0 Å². The van der Waals surface area contributed by atoms with E-state index >= 15 is 0 Å². The number of rotatable bonds is 1. The maximum absolute atomic E-state index is 5.65. The van der Waals surface area contributed by atoms with Gasteiger partial charge in [-0.15, -0.1) is 0 Å². The van der Waals surface area contributed by atoms with E-state index in [0.717, 1.165) is 30.9 Å². The van der Waals surface area contributed by atoms with Crippen molar-refractivity contribution in [1.29, 1.82) is 0 Å². The van der Waals surface area contributed by atoms with Crippen LogP contribution >= 0.6 is 0 Å². The first-order chi connectivity index (χ1) is 7.33. The highest BCUT2D eigenvalue weighted by atomic mass is 15.3. The Morgan fingerprint density at radius 1 is 1.53 bits per heavy atom. The second kappa shape index (κ2) is 3.20. The van der Waals surface area contributed by atoms with E-state index in [2.05, 4.69) is 15.4 Å². The van der Waals surface area contributed by atoms with Gasteiger partial charge in [-0.25, -0.2) is 9.50 Å². The van der Waals surface area contributed by atoms with E-state index in [1.54, 1.807) is 16.9 Å². The fraction of sp³-hybridized carbons (Fsp3) is 0.400. The maximum Gasteiger partial charge on any atom is 0.155 e.